The second-order valence-electron chi connectivity index (χ2n) is 5.68. The van der Waals surface area contributed by atoms with Crippen molar-refractivity contribution in [3.05, 3.63) is 0 Å². The second-order valence-corrected chi connectivity index (χ2v) is 6.97. The van der Waals surface area contributed by atoms with Gasteiger partial charge in [0.1, 0.15) is 0 Å². The van der Waals surface area contributed by atoms with Crippen molar-refractivity contribution >= 4 is 10.4 Å². The van der Waals surface area contributed by atoms with Crippen LogP contribution in [0.25, 0.3) is 0 Å². The fraction of sp³-hybridized carbons (Fsp3) is 1.00. The summed E-state index contributed by atoms with van der Waals surface area (Å²) < 4.78 is 32.4. The van der Waals surface area contributed by atoms with Gasteiger partial charge in [0.2, 0.25) is 0 Å². The maximum absolute atomic E-state index is 11.4. The highest BCUT2D eigenvalue weighted by atomic mass is 32.3. The van der Waals surface area contributed by atoms with Crippen LogP contribution in [-0.4, -0.2) is 47.2 Å². The van der Waals surface area contributed by atoms with Gasteiger partial charge >= 0.3 is 10.4 Å². The fourth-order valence-corrected chi connectivity index (χ4v) is 2.68. The third-order valence-corrected chi connectivity index (χ3v) is 4.11. The van der Waals surface area contributed by atoms with Crippen molar-refractivity contribution in [2.75, 3.05) is 33.9 Å². The van der Waals surface area contributed by atoms with Gasteiger partial charge in [-0.05, 0) is 33.5 Å². The predicted molar refractivity (Wildman–Crippen MR) is 86.6 cm³/mol. The van der Waals surface area contributed by atoms with Crippen LogP contribution >= 0.6 is 0 Å². The Hall–Kier alpha value is -0.170. The highest BCUT2D eigenvalue weighted by molar-refractivity contribution is 7.81. The Bertz CT molecular complexity index is 318. The minimum Gasteiger partial charge on any atom is -0.309 e. The average molecular weight is 323 g/mol. The molecule has 0 aliphatic carbocycles. The van der Waals surface area contributed by atoms with Gasteiger partial charge in [0.05, 0.1) is 13.2 Å². The van der Waals surface area contributed by atoms with Crippen molar-refractivity contribution in [1.82, 2.24) is 4.90 Å². The zero-order valence-electron chi connectivity index (χ0n) is 14.0. The first-order valence-corrected chi connectivity index (χ1v) is 9.50. The second kappa shape index (κ2) is 13.5. The van der Waals surface area contributed by atoms with Crippen molar-refractivity contribution in [1.29, 1.82) is 0 Å². The van der Waals surface area contributed by atoms with Crippen LogP contribution in [0, 0.1) is 0 Å². The van der Waals surface area contributed by atoms with Crippen molar-refractivity contribution in [3.8, 4) is 0 Å². The van der Waals surface area contributed by atoms with Crippen LogP contribution in [-0.2, 0) is 18.8 Å². The van der Waals surface area contributed by atoms with Gasteiger partial charge in [-0.15, -0.1) is 0 Å². The molecule has 0 aromatic rings. The Labute approximate surface area is 131 Å². The summed E-state index contributed by atoms with van der Waals surface area (Å²) in [4.78, 5) is 1.98. The van der Waals surface area contributed by atoms with Crippen molar-refractivity contribution in [2.45, 2.75) is 64.7 Å². The van der Waals surface area contributed by atoms with E-state index < -0.39 is 10.4 Å². The molecule has 128 valence electrons. The molecule has 0 aromatic heterocycles. The summed E-state index contributed by atoms with van der Waals surface area (Å²) in [6.07, 6.45) is 10.0. The van der Waals surface area contributed by atoms with Gasteiger partial charge in [0.25, 0.3) is 0 Å². The molecule has 6 heteroatoms. The van der Waals surface area contributed by atoms with E-state index in [0.29, 0.717) is 6.42 Å². The zero-order valence-corrected chi connectivity index (χ0v) is 14.8. The zero-order chi connectivity index (χ0) is 16.0. The molecule has 0 saturated heterocycles. The quantitative estimate of drug-likeness (QED) is 0.433. The molecule has 0 fully saturated rings. The molecule has 0 radical (unpaired) electrons. The number of rotatable bonds is 15. The molecule has 0 spiro atoms. The summed E-state index contributed by atoms with van der Waals surface area (Å²) >= 11 is 0. The summed E-state index contributed by atoms with van der Waals surface area (Å²) in [7, 11) is 0.0727. The average Bonchev–Trinajstić information content (AvgIpc) is 2.42. The van der Waals surface area contributed by atoms with Crippen molar-refractivity contribution < 1.29 is 16.8 Å². The molecule has 0 aliphatic heterocycles. The standard InChI is InChI=1S/C15H33NO4S/c1-4-5-6-7-8-9-10-11-14-19-21(17,18)20-15-12-13-16(2)3/h4-15H2,1-3H3. The smallest absolute Gasteiger partial charge is 0.309 e. The lowest BCUT2D eigenvalue weighted by molar-refractivity contribution is 0.203. The highest BCUT2D eigenvalue weighted by Gasteiger charge is 2.11. The lowest BCUT2D eigenvalue weighted by Crippen LogP contribution is -2.17. The number of unbranched alkanes of at least 4 members (excludes halogenated alkanes) is 7. The third-order valence-electron chi connectivity index (χ3n) is 3.20. The van der Waals surface area contributed by atoms with E-state index >= 15 is 0 Å². The monoisotopic (exact) mass is 323 g/mol. The summed E-state index contributed by atoms with van der Waals surface area (Å²) in [5, 5.41) is 0. The molecule has 0 unspecified atom stereocenters. The molecule has 0 aromatic carbocycles. The largest absolute Gasteiger partial charge is 0.399 e. The maximum Gasteiger partial charge on any atom is 0.399 e. The van der Waals surface area contributed by atoms with Gasteiger partial charge < -0.3 is 4.90 Å². The van der Waals surface area contributed by atoms with E-state index in [4.69, 9.17) is 8.37 Å². The van der Waals surface area contributed by atoms with E-state index in [1.54, 1.807) is 0 Å². The van der Waals surface area contributed by atoms with Crippen LogP contribution in [0.2, 0.25) is 0 Å². The molecule has 5 nitrogen and oxygen atoms in total. The van der Waals surface area contributed by atoms with Gasteiger partial charge in [0, 0.05) is 0 Å². The Balaban J connectivity index is 3.40. The summed E-state index contributed by atoms with van der Waals surface area (Å²) in [5.74, 6) is 0. The molecule has 0 bridgehead atoms. The van der Waals surface area contributed by atoms with E-state index in [0.717, 1.165) is 25.8 Å². The van der Waals surface area contributed by atoms with E-state index in [1.165, 1.54) is 32.1 Å². The molecule has 0 saturated carbocycles. The third kappa shape index (κ3) is 16.0. The van der Waals surface area contributed by atoms with Gasteiger partial charge in [0.15, 0.2) is 0 Å². The van der Waals surface area contributed by atoms with E-state index in [-0.39, 0.29) is 13.2 Å². The highest BCUT2D eigenvalue weighted by Crippen LogP contribution is 2.09. The topological polar surface area (TPSA) is 55.8 Å². The number of nitrogens with zero attached hydrogens (tertiary/aromatic N) is 1. The lowest BCUT2D eigenvalue weighted by atomic mass is 10.1. The van der Waals surface area contributed by atoms with Crippen LogP contribution in [0.4, 0.5) is 0 Å². The SMILES string of the molecule is CCCCCCCCCCOS(=O)(=O)OCCCN(C)C. The van der Waals surface area contributed by atoms with Gasteiger partial charge in [-0.3, -0.25) is 0 Å². The van der Waals surface area contributed by atoms with Gasteiger partial charge in [-0.1, -0.05) is 51.9 Å². The number of hydrogen-bond acceptors (Lipinski definition) is 5. The van der Waals surface area contributed by atoms with Crippen LogP contribution < -0.4 is 0 Å². The first kappa shape index (κ1) is 20.8. The molecule has 0 heterocycles. The maximum atomic E-state index is 11.4. The first-order chi connectivity index (χ1) is 9.98. The minimum atomic E-state index is -3.80. The van der Waals surface area contributed by atoms with Crippen molar-refractivity contribution in [3.63, 3.8) is 0 Å². The molecular weight excluding hydrogens is 290 g/mol. The Kier molecular flexibility index (Phi) is 13.4. The van der Waals surface area contributed by atoms with Crippen molar-refractivity contribution in [2.24, 2.45) is 0 Å². The van der Waals surface area contributed by atoms with Gasteiger partial charge in [-0.2, -0.15) is 8.42 Å². The number of hydrogen-bond donors (Lipinski definition) is 0. The summed E-state index contributed by atoms with van der Waals surface area (Å²) in [6.45, 7) is 3.41. The summed E-state index contributed by atoms with van der Waals surface area (Å²) in [5.41, 5.74) is 0. The minimum absolute atomic E-state index is 0.179. The summed E-state index contributed by atoms with van der Waals surface area (Å²) in [6, 6.07) is 0. The molecule has 0 amide bonds. The van der Waals surface area contributed by atoms with E-state index in [9.17, 15) is 8.42 Å². The van der Waals surface area contributed by atoms with Crippen LogP contribution in [0.1, 0.15) is 64.7 Å². The molecule has 0 rings (SSSR count). The molecule has 0 aliphatic rings. The lowest BCUT2D eigenvalue weighted by Gasteiger charge is -2.09. The Morgan fingerprint density at radius 2 is 1.24 bits per heavy atom. The Morgan fingerprint density at radius 1 is 0.762 bits per heavy atom. The first-order valence-electron chi connectivity index (χ1n) is 8.16. The van der Waals surface area contributed by atoms with Crippen LogP contribution in [0.3, 0.4) is 0 Å². The predicted octanol–water partition coefficient (Wildman–Crippen LogP) is 3.36. The van der Waals surface area contributed by atoms with E-state index in [1.807, 2.05) is 19.0 Å². The molecule has 0 N–H and O–H groups in total. The van der Waals surface area contributed by atoms with Crippen LogP contribution in [0.15, 0.2) is 0 Å². The fourth-order valence-electron chi connectivity index (χ4n) is 1.97. The Morgan fingerprint density at radius 3 is 1.76 bits per heavy atom. The normalized spacial score (nSPS) is 12.2. The molecule has 0 atom stereocenters. The van der Waals surface area contributed by atoms with E-state index in [2.05, 4.69) is 6.92 Å². The molecule has 21 heavy (non-hydrogen) atoms. The van der Waals surface area contributed by atoms with Crippen LogP contribution in [0.5, 0.6) is 0 Å². The van der Waals surface area contributed by atoms with Gasteiger partial charge in [-0.25, -0.2) is 8.37 Å². The molecular formula is C15H33NO4S.